The van der Waals surface area contributed by atoms with Gasteiger partial charge in [0.2, 0.25) is 12.2 Å². The van der Waals surface area contributed by atoms with Crippen LogP contribution in [0.25, 0.3) is 0 Å². The normalized spacial score (nSPS) is 29.7. The zero-order valence-electron chi connectivity index (χ0n) is 48.3. The van der Waals surface area contributed by atoms with E-state index in [4.69, 9.17) is 58.2 Å². The smallest absolute Gasteiger partial charge is 0.330 e. The van der Waals surface area contributed by atoms with Gasteiger partial charge in [0.15, 0.2) is 24.5 Å². The number of allylic oxidation sites excluding steroid dienone is 2. The van der Waals surface area contributed by atoms with E-state index in [0.29, 0.717) is 19.3 Å². The van der Waals surface area contributed by atoms with Gasteiger partial charge in [0.1, 0.15) is 42.8 Å². The molecule has 28 heteroatoms. The number of nitrogens with two attached hydrogens (primary N) is 1. The number of aromatic amines is 1. The van der Waals surface area contributed by atoms with Gasteiger partial charge in [-0.15, -0.1) is 0 Å². The van der Waals surface area contributed by atoms with E-state index in [-0.39, 0.29) is 38.6 Å². The third-order valence-electron chi connectivity index (χ3n) is 15.1. The molecule has 0 spiro atoms. The van der Waals surface area contributed by atoms with Crippen molar-refractivity contribution in [2.24, 2.45) is 11.7 Å². The van der Waals surface area contributed by atoms with Crippen LogP contribution in [0.4, 0.5) is 0 Å². The Morgan fingerprint density at radius 1 is 0.795 bits per heavy atom. The highest BCUT2D eigenvalue weighted by molar-refractivity contribution is 5.89. The molecule has 11 unspecified atom stereocenters. The summed E-state index contributed by atoms with van der Waals surface area (Å²) in [6.45, 7) is 4.98. The predicted octanol–water partition coefficient (Wildman–Crippen LogP) is 1.04. The van der Waals surface area contributed by atoms with Crippen LogP contribution in [0, 0.1) is 5.92 Å². The van der Waals surface area contributed by atoms with Crippen molar-refractivity contribution in [3.63, 3.8) is 0 Å². The third-order valence-corrected chi connectivity index (χ3v) is 15.1. The van der Waals surface area contributed by atoms with Gasteiger partial charge < -0.3 is 78.4 Å². The second kappa shape index (κ2) is 33.1. The quantitative estimate of drug-likeness (QED) is 0.0254. The maximum Gasteiger partial charge on any atom is 0.330 e. The summed E-state index contributed by atoms with van der Waals surface area (Å²) >= 11 is 0. The minimum absolute atomic E-state index is 0.0931. The lowest BCUT2D eigenvalue weighted by molar-refractivity contribution is -0.299. The Kier molecular flexibility index (Phi) is 27.2. The van der Waals surface area contributed by atoms with E-state index in [1.54, 1.807) is 13.8 Å². The van der Waals surface area contributed by atoms with Gasteiger partial charge in [0.05, 0.1) is 43.7 Å². The molecule has 0 bridgehead atoms. The summed E-state index contributed by atoms with van der Waals surface area (Å²) in [6.07, 6.45) is -7.12. The van der Waals surface area contributed by atoms with Gasteiger partial charge in [-0.2, -0.15) is 0 Å². The minimum Gasteiger partial charge on any atom is -0.481 e. The fourth-order valence-corrected chi connectivity index (χ4v) is 10.8. The summed E-state index contributed by atoms with van der Waals surface area (Å²) < 4.78 is 59.8. The molecule has 4 aliphatic heterocycles. The molecule has 1 aromatic rings. The summed E-state index contributed by atoms with van der Waals surface area (Å²) in [5.41, 5.74) is 4.28. The van der Waals surface area contributed by atoms with Crippen molar-refractivity contribution < 1.29 is 101 Å². The number of esters is 4. The number of rotatable bonds is 32. The van der Waals surface area contributed by atoms with E-state index >= 15 is 0 Å². The molecule has 5 heterocycles. The van der Waals surface area contributed by atoms with Crippen LogP contribution in [0.5, 0.6) is 0 Å². The molecule has 7 N–H and O–H groups in total. The first-order chi connectivity index (χ1) is 39.5. The molecular weight excluding hydrogens is 1100 g/mol. The number of aromatic nitrogens is 2. The molecule has 4 fully saturated rings. The van der Waals surface area contributed by atoms with Gasteiger partial charge in [-0.25, -0.2) is 9.59 Å². The first-order valence-electron chi connectivity index (χ1n) is 28.4. The standard InChI is InChI=1S/C55H85N5O23/c1-8-10-11-12-13-14-15-16-17-18-31(76-41(67)23-30(3)24-42(68)82-54-51(75-7)50(48(74-6)34(9-2)79-54)81-40(66)20-19-39(64)65)25-43(69)77-36-29-58(4)46(52(70)59(5)45(36)53(71)72)49(83-44-27-32(61)35(28-56)78-44)47-33(62)26-38(80-47)60-22-21-37(63)57-55(60)73/h14-15,21-22,30-36,38,44-51,54,61-62H,8-13,16-20,23-29,56H2,1-7H3,(H,64,65)(H,71,72)(H,57,63,73)/t30?,31?,32-,33-,34?,35+,36?,38+,44-,45?,46?,47-,48?,49?,50?,51?,54?/m0/s1. The molecule has 4 saturated heterocycles. The van der Waals surface area contributed by atoms with Crippen molar-refractivity contribution in [1.82, 2.24) is 19.4 Å². The van der Waals surface area contributed by atoms with Gasteiger partial charge in [-0.3, -0.25) is 48.0 Å². The molecule has 4 aliphatic rings. The average Bonchev–Trinajstić information content (AvgIpc) is 3.23. The summed E-state index contributed by atoms with van der Waals surface area (Å²) in [4.78, 5) is 122. The van der Waals surface area contributed by atoms with E-state index in [1.807, 2.05) is 6.08 Å². The number of carbonyl (C=O) groups excluding carboxylic acids is 5. The fourth-order valence-electron chi connectivity index (χ4n) is 10.8. The number of likely N-dealkylation sites (N-methyl/N-ethyl adjacent to an activating group) is 2. The number of carbonyl (C=O) groups is 7. The second-order valence-corrected chi connectivity index (χ2v) is 21.5. The van der Waals surface area contributed by atoms with Crippen LogP contribution in [-0.4, -0.2) is 215 Å². The third kappa shape index (κ3) is 19.4. The highest BCUT2D eigenvalue weighted by Crippen LogP contribution is 2.37. The number of hydrogen-bond donors (Lipinski definition) is 6. The van der Waals surface area contributed by atoms with Gasteiger partial charge in [-0.05, 0) is 51.5 Å². The van der Waals surface area contributed by atoms with E-state index in [9.17, 15) is 58.5 Å². The number of ether oxygens (including phenoxy) is 10. The van der Waals surface area contributed by atoms with Gasteiger partial charge >= 0.3 is 41.5 Å². The number of amides is 1. The van der Waals surface area contributed by atoms with Crippen molar-refractivity contribution in [1.29, 1.82) is 0 Å². The zero-order chi connectivity index (χ0) is 61.1. The highest BCUT2D eigenvalue weighted by atomic mass is 16.7. The second-order valence-electron chi connectivity index (χ2n) is 21.5. The minimum atomic E-state index is -1.80. The number of hydrogen-bond acceptors (Lipinski definition) is 23. The molecule has 468 valence electrons. The van der Waals surface area contributed by atoms with Crippen LogP contribution in [0.2, 0.25) is 0 Å². The Morgan fingerprint density at radius 2 is 1.48 bits per heavy atom. The number of methoxy groups -OCH3 is 2. The zero-order valence-corrected chi connectivity index (χ0v) is 48.3. The van der Waals surface area contributed by atoms with E-state index in [0.717, 1.165) is 47.6 Å². The molecule has 0 radical (unpaired) electrons. The van der Waals surface area contributed by atoms with Crippen molar-refractivity contribution in [3.05, 3.63) is 45.3 Å². The Bertz CT molecular complexity index is 2460. The van der Waals surface area contributed by atoms with Crippen LogP contribution in [0.1, 0.15) is 130 Å². The van der Waals surface area contributed by atoms with Gasteiger partial charge in [-0.1, -0.05) is 52.2 Å². The lowest BCUT2D eigenvalue weighted by atomic mass is 9.96. The number of carboxylic acids is 2. The van der Waals surface area contributed by atoms with Crippen LogP contribution in [0.3, 0.4) is 0 Å². The molecule has 0 aliphatic carbocycles. The molecule has 83 heavy (non-hydrogen) atoms. The largest absolute Gasteiger partial charge is 0.481 e. The Balaban J connectivity index is 1.31. The monoisotopic (exact) mass is 1180 g/mol. The van der Waals surface area contributed by atoms with E-state index in [2.05, 4.69) is 18.0 Å². The Labute approximate surface area is 481 Å². The number of H-pyrrole nitrogens is 1. The number of nitrogens with zero attached hydrogens (tertiary/aromatic N) is 3. The molecule has 5 rings (SSSR count). The van der Waals surface area contributed by atoms with Gasteiger partial charge in [0, 0.05) is 72.3 Å². The molecule has 17 atom stereocenters. The number of unbranched alkanes of at least 4 members (excludes halogenated alkanes) is 5. The molecule has 1 amide bonds. The summed E-state index contributed by atoms with van der Waals surface area (Å²) in [5.74, 6) is -7.72. The molecule has 0 saturated carbocycles. The number of aliphatic hydroxyl groups excluding tert-OH is 2. The van der Waals surface area contributed by atoms with Crippen molar-refractivity contribution >= 4 is 41.7 Å². The average molecular weight is 1180 g/mol. The van der Waals surface area contributed by atoms with Crippen LogP contribution >= 0.6 is 0 Å². The number of aliphatic carboxylic acids is 2. The number of nitrogens with one attached hydrogen (secondary N) is 1. The highest BCUT2D eigenvalue weighted by Gasteiger charge is 2.54. The van der Waals surface area contributed by atoms with Crippen molar-refractivity contribution in [2.45, 2.75) is 222 Å². The first kappa shape index (κ1) is 68.1. The van der Waals surface area contributed by atoms with E-state index < -0.39 is 183 Å². The van der Waals surface area contributed by atoms with Gasteiger partial charge in [0.25, 0.3) is 5.56 Å². The Hall–Kier alpha value is -5.69. The number of aliphatic hydroxyl groups is 2. The fraction of sp³-hybridized carbons (Fsp3) is 0.764. The SMILES string of the molecule is CCCCCCC=CCCCC(CC(=O)OC1CN(C)C(C(O[C@H]2C[C@H](O)[C@@H](CN)O2)[C@H]2O[C@@H](n3ccc(=O)[nH]c3=O)C[C@@H]2O)C(=O)N(C)C1C(=O)O)OC(=O)CC(C)CC(=O)OC1OC(CC)C(OC)C(OC(=O)CCC(=O)O)C1OC. The summed E-state index contributed by atoms with van der Waals surface area (Å²) in [7, 11) is 5.28. The molecule has 1 aromatic heterocycles. The molecule has 0 aromatic carbocycles. The maximum absolute atomic E-state index is 14.7. The lowest BCUT2D eigenvalue weighted by Crippen LogP contribution is -2.61. The summed E-state index contributed by atoms with van der Waals surface area (Å²) in [5, 5.41) is 42.0. The van der Waals surface area contributed by atoms with Crippen LogP contribution in [-0.2, 0) is 80.9 Å². The predicted molar refractivity (Wildman–Crippen MR) is 288 cm³/mol. The number of carboxylic acid groups (broad SMARTS) is 2. The van der Waals surface area contributed by atoms with Crippen molar-refractivity contribution in [2.75, 3.05) is 41.4 Å². The van der Waals surface area contributed by atoms with Crippen LogP contribution < -0.4 is 17.0 Å². The first-order valence-corrected chi connectivity index (χ1v) is 28.4. The van der Waals surface area contributed by atoms with Crippen LogP contribution in [0.15, 0.2) is 34.0 Å². The Morgan fingerprint density at radius 3 is 2.11 bits per heavy atom. The summed E-state index contributed by atoms with van der Waals surface area (Å²) in [6, 6.07) is -2.21. The molecule has 28 nitrogen and oxygen atoms in total. The van der Waals surface area contributed by atoms with Crippen molar-refractivity contribution in [3.8, 4) is 0 Å². The van der Waals surface area contributed by atoms with E-state index in [1.165, 1.54) is 39.4 Å². The topological polar surface area (TPSA) is 380 Å². The molecular formula is C55H85N5O23. The maximum atomic E-state index is 14.7. The lowest BCUT2D eigenvalue weighted by Gasteiger charge is -2.44.